The van der Waals surface area contributed by atoms with E-state index in [0.29, 0.717) is 5.84 Å². The van der Waals surface area contributed by atoms with Crippen LogP contribution in [0.5, 0.6) is 0 Å². The van der Waals surface area contributed by atoms with Crippen molar-refractivity contribution in [3.8, 4) is 0 Å². The molecule has 0 aromatic heterocycles. The minimum atomic E-state index is -0.287. The van der Waals surface area contributed by atoms with Gasteiger partial charge in [0.25, 0.3) is 0 Å². The Morgan fingerprint density at radius 1 is 1.50 bits per heavy atom. The molecule has 4 heteroatoms. The van der Waals surface area contributed by atoms with E-state index in [1.165, 1.54) is 0 Å². The van der Waals surface area contributed by atoms with E-state index in [-0.39, 0.29) is 23.5 Å². The van der Waals surface area contributed by atoms with Gasteiger partial charge in [-0.2, -0.15) is 0 Å². The lowest BCUT2D eigenvalue weighted by Crippen LogP contribution is -2.43. The van der Waals surface area contributed by atoms with Gasteiger partial charge < -0.3 is 10.1 Å². The number of rotatable bonds is 2. The van der Waals surface area contributed by atoms with Crippen LogP contribution in [0.25, 0.3) is 0 Å². The van der Waals surface area contributed by atoms with Crippen molar-refractivity contribution in [1.82, 2.24) is 5.32 Å². The molecule has 1 rings (SSSR count). The van der Waals surface area contributed by atoms with Crippen molar-refractivity contribution < 1.29 is 9.53 Å². The van der Waals surface area contributed by atoms with Crippen molar-refractivity contribution in [2.24, 2.45) is 10.4 Å². The predicted octanol–water partition coefficient (Wildman–Crippen LogP) is 0.964. The summed E-state index contributed by atoms with van der Waals surface area (Å²) in [5.74, 6) is 0.601. The molecule has 1 aliphatic heterocycles. The molecule has 1 heterocycles. The topological polar surface area (TPSA) is 50.7 Å². The molecule has 0 aromatic rings. The average Bonchev–Trinajstić information content (AvgIpc) is 2.30. The summed E-state index contributed by atoms with van der Waals surface area (Å²) in [5, 5.41) is 2.75. The minimum absolute atomic E-state index is 0.0497. The lowest BCUT2D eigenvalue weighted by atomic mass is 9.88. The summed E-state index contributed by atoms with van der Waals surface area (Å²) < 4.78 is 5.35. The fraction of sp³-hybridized carbons (Fsp3) is 0.800. The number of carbonyl (C=O) groups excluding carboxylic acids is 1. The van der Waals surface area contributed by atoms with Crippen molar-refractivity contribution in [3.63, 3.8) is 0 Å². The summed E-state index contributed by atoms with van der Waals surface area (Å²) >= 11 is 0. The number of nitrogens with zero attached hydrogens (tertiary/aromatic N) is 1. The summed E-state index contributed by atoms with van der Waals surface area (Å²) in [4.78, 5) is 15.5. The largest absolute Gasteiger partial charge is 0.373 e. The fourth-order valence-electron chi connectivity index (χ4n) is 1.54. The molecule has 0 spiro atoms. The van der Waals surface area contributed by atoms with E-state index < -0.39 is 0 Å². The molecule has 0 radical (unpaired) electrons. The molecule has 0 saturated heterocycles. The number of ether oxygens (including phenoxy) is 1. The number of hydrogen-bond donors (Lipinski definition) is 1. The second kappa shape index (κ2) is 3.69. The van der Waals surface area contributed by atoms with Crippen LogP contribution in [0.2, 0.25) is 0 Å². The van der Waals surface area contributed by atoms with Crippen LogP contribution >= 0.6 is 0 Å². The normalized spacial score (nSPS) is 24.5. The van der Waals surface area contributed by atoms with E-state index in [9.17, 15) is 4.79 Å². The maximum absolute atomic E-state index is 11.3. The predicted molar refractivity (Wildman–Crippen MR) is 55.3 cm³/mol. The van der Waals surface area contributed by atoms with E-state index in [2.05, 4.69) is 31.1 Å². The zero-order chi connectivity index (χ0) is 10.9. The van der Waals surface area contributed by atoms with Crippen LogP contribution in [0, 0.1) is 5.41 Å². The summed E-state index contributed by atoms with van der Waals surface area (Å²) in [7, 11) is 1.63. The van der Waals surface area contributed by atoms with Crippen LogP contribution in [0.3, 0.4) is 0 Å². The maximum atomic E-state index is 11.3. The third-order valence-corrected chi connectivity index (χ3v) is 2.23. The van der Waals surface area contributed by atoms with Crippen molar-refractivity contribution in [1.29, 1.82) is 0 Å². The monoisotopic (exact) mass is 198 g/mol. The molecule has 1 N–H and O–H groups in total. The lowest BCUT2D eigenvalue weighted by molar-refractivity contribution is -0.119. The number of methoxy groups -OCH3 is 1. The van der Waals surface area contributed by atoms with Gasteiger partial charge in [-0.1, -0.05) is 20.8 Å². The van der Waals surface area contributed by atoms with Crippen LogP contribution in [0.15, 0.2) is 4.99 Å². The van der Waals surface area contributed by atoms with Gasteiger partial charge in [-0.05, 0) is 12.3 Å². The number of aliphatic imine (C=N–C) groups is 1. The maximum Gasteiger partial charge on any atom is 0.249 e. The lowest BCUT2D eigenvalue weighted by Gasteiger charge is -2.28. The van der Waals surface area contributed by atoms with Crippen molar-refractivity contribution in [3.05, 3.63) is 0 Å². The first-order chi connectivity index (χ1) is 6.36. The third-order valence-electron chi connectivity index (χ3n) is 2.23. The quantitative estimate of drug-likeness (QED) is 0.718. The molecule has 80 valence electrons. The summed E-state index contributed by atoms with van der Waals surface area (Å²) in [6.07, 6.45) is -0.156. The third kappa shape index (κ3) is 2.12. The molecular weight excluding hydrogens is 180 g/mol. The van der Waals surface area contributed by atoms with Crippen molar-refractivity contribution >= 4 is 11.7 Å². The Bertz CT molecular complexity index is 266. The number of hydrogen-bond acceptors (Lipinski definition) is 3. The SMILES string of the molecule is COC(C1=NC(C)C(=O)N1)C(C)(C)C. The first-order valence-electron chi connectivity index (χ1n) is 4.77. The van der Waals surface area contributed by atoms with E-state index in [1.807, 2.05) is 0 Å². The summed E-state index contributed by atoms with van der Waals surface area (Å²) in [6, 6.07) is -0.287. The van der Waals surface area contributed by atoms with Gasteiger partial charge in [-0.3, -0.25) is 9.79 Å². The molecule has 0 fully saturated rings. The molecule has 1 aliphatic rings. The highest BCUT2D eigenvalue weighted by Crippen LogP contribution is 2.23. The molecule has 0 bridgehead atoms. The fourth-order valence-corrected chi connectivity index (χ4v) is 1.54. The molecule has 2 atom stereocenters. The molecule has 0 aliphatic carbocycles. The first kappa shape index (κ1) is 11.2. The number of carbonyl (C=O) groups is 1. The summed E-state index contributed by atoms with van der Waals surface area (Å²) in [6.45, 7) is 7.94. The van der Waals surface area contributed by atoms with Gasteiger partial charge in [0.05, 0.1) is 0 Å². The molecule has 0 saturated carbocycles. The summed E-state index contributed by atoms with van der Waals surface area (Å²) in [5.41, 5.74) is -0.0646. The Hall–Kier alpha value is -0.900. The van der Waals surface area contributed by atoms with Crippen LogP contribution in [-0.4, -0.2) is 31.0 Å². The standard InChI is InChI=1S/C10H18N2O2/c1-6-9(13)12-8(11-6)7(14-5)10(2,3)4/h6-7H,1-5H3,(H,11,12,13). The highest BCUT2D eigenvalue weighted by molar-refractivity contribution is 6.07. The smallest absolute Gasteiger partial charge is 0.249 e. The van der Waals surface area contributed by atoms with Gasteiger partial charge in [0, 0.05) is 7.11 Å². The second-order valence-electron chi connectivity index (χ2n) is 4.66. The molecule has 0 aromatic carbocycles. The Morgan fingerprint density at radius 2 is 2.07 bits per heavy atom. The van der Waals surface area contributed by atoms with Gasteiger partial charge >= 0.3 is 0 Å². The first-order valence-corrected chi connectivity index (χ1v) is 4.77. The van der Waals surface area contributed by atoms with E-state index in [1.54, 1.807) is 14.0 Å². The Labute approximate surface area is 84.7 Å². The van der Waals surface area contributed by atoms with Crippen LogP contribution in [0.4, 0.5) is 0 Å². The molecule has 2 unspecified atom stereocenters. The Balaban J connectivity index is 2.83. The molecule has 1 amide bonds. The molecule has 14 heavy (non-hydrogen) atoms. The molecular formula is C10H18N2O2. The van der Waals surface area contributed by atoms with Gasteiger partial charge in [0.2, 0.25) is 5.91 Å². The van der Waals surface area contributed by atoms with Crippen molar-refractivity contribution in [2.45, 2.75) is 39.8 Å². The van der Waals surface area contributed by atoms with E-state index in [4.69, 9.17) is 4.74 Å². The molecule has 4 nitrogen and oxygen atoms in total. The number of amides is 1. The Kier molecular flexibility index (Phi) is 2.95. The highest BCUT2D eigenvalue weighted by atomic mass is 16.5. The van der Waals surface area contributed by atoms with Gasteiger partial charge in [0.15, 0.2) is 0 Å². The van der Waals surface area contributed by atoms with Crippen LogP contribution in [0.1, 0.15) is 27.7 Å². The van der Waals surface area contributed by atoms with Gasteiger partial charge in [-0.15, -0.1) is 0 Å². The van der Waals surface area contributed by atoms with Gasteiger partial charge in [0.1, 0.15) is 18.0 Å². The van der Waals surface area contributed by atoms with Crippen LogP contribution < -0.4 is 5.32 Å². The number of amidine groups is 1. The van der Waals surface area contributed by atoms with Crippen molar-refractivity contribution in [2.75, 3.05) is 7.11 Å². The zero-order valence-corrected chi connectivity index (χ0v) is 9.42. The van der Waals surface area contributed by atoms with E-state index >= 15 is 0 Å². The number of nitrogens with one attached hydrogen (secondary N) is 1. The second-order valence-corrected chi connectivity index (χ2v) is 4.66. The highest BCUT2D eigenvalue weighted by Gasteiger charge is 2.34. The average molecular weight is 198 g/mol. The zero-order valence-electron chi connectivity index (χ0n) is 9.42. The minimum Gasteiger partial charge on any atom is -0.373 e. The van der Waals surface area contributed by atoms with E-state index in [0.717, 1.165) is 0 Å². The van der Waals surface area contributed by atoms with Gasteiger partial charge in [-0.25, -0.2) is 0 Å². The van der Waals surface area contributed by atoms with Crippen LogP contribution in [-0.2, 0) is 9.53 Å². The Morgan fingerprint density at radius 3 is 2.36 bits per heavy atom.